The molecule has 0 radical (unpaired) electrons. The Morgan fingerprint density at radius 3 is 2.61 bits per heavy atom. The molecule has 1 aliphatic carbocycles. The third-order valence-electron chi connectivity index (χ3n) is 4.37. The van der Waals surface area contributed by atoms with E-state index in [1.165, 1.54) is 23.2 Å². The zero-order chi connectivity index (χ0) is 12.6. The van der Waals surface area contributed by atoms with Crippen molar-refractivity contribution in [2.45, 2.75) is 24.8 Å². The summed E-state index contributed by atoms with van der Waals surface area (Å²) in [5, 5.41) is 0. The van der Waals surface area contributed by atoms with E-state index in [9.17, 15) is 0 Å². The second-order valence-corrected chi connectivity index (χ2v) is 5.45. The van der Waals surface area contributed by atoms with Gasteiger partial charge >= 0.3 is 0 Å². The predicted octanol–water partition coefficient (Wildman–Crippen LogP) is 2.96. The second kappa shape index (κ2) is 4.29. The summed E-state index contributed by atoms with van der Waals surface area (Å²) in [6.45, 7) is 0. The maximum atomic E-state index is 3.37. The molecule has 1 aromatic carbocycles. The minimum absolute atomic E-state index is 0.149. The minimum Gasteiger partial charge on any atom is -0.365 e. The molecule has 1 aliphatic rings. The highest BCUT2D eigenvalue weighted by Crippen LogP contribution is 2.39. The maximum Gasteiger partial charge on any atom is 0.0499 e. The van der Waals surface area contributed by atoms with Gasteiger partial charge in [-0.05, 0) is 50.6 Å². The number of aromatic nitrogens is 1. The Balaban J connectivity index is 2.05. The molecular weight excluding hydrogens is 220 g/mol. The van der Waals surface area contributed by atoms with E-state index in [0.29, 0.717) is 0 Å². The second-order valence-electron chi connectivity index (χ2n) is 5.45. The fraction of sp³-hybridized carbons (Fsp3) is 0.375. The lowest BCUT2D eigenvalue weighted by atomic mass is 9.75. The highest BCUT2D eigenvalue weighted by atomic mass is 15.1. The van der Waals surface area contributed by atoms with Gasteiger partial charge < -0.3 is 4.98 Å². The first-order valence-electron chi connectivity index (χ1n) is 6.60. The fourth-order valence-electron chi connectivity index (χ4n) is 3.20. The number of hydrogen-bond donors (Lipinski definition) is 1. The number of nitrogens with zero attached hydrogens (tertiary/aromatic N) is 1. The van der Waals surface area contributed by atoms with Gasteiger partial charge in [0.05, 0.1) is 0 Å². The van der Waals surface area contributed by atoms with Crippen molar-refractivity contribution in [1.29, 1.82) is 0 Å². The summed E-state index contributed by atoms with van der Waals surface area (Å²) in [7, 11) is 4.40. The number of H-pyrrole nitrogens is 1. The van der Waals surface area contributed by atoms with Crippen LogP contribution in [0.2, 0.25) is 0 Å². The monoisotopic (exact) mass is 240 g/mol. The molecule has 0 amide bonds. The summed E-state index contributed by atoms with van der Waals surface area (Å²) in [5.41, 5.74) is 4.47. The Labute approximate surface area is 109 Å². The molecule has 2 nitrogen and oxygen atoms in total. The van der Waals surface area contributed by atoms with E-state index < -0.39 is 0 Å². The van der Waals surface area contributed by atoms with E-state index in [0.717, 1.165) is 12.8 Å². The molecule has 0 saturated heterocycles. The molecule has 94 valence electrons. The largest absolute Gasteiger partial charge is 0.365 e. The number of fused-ring (bicyclic) bond motifs is 1. The van der Waals surface area contributed by atoms with Crippen LogP contribution in [0.4, 0.5) is 0 Å². The highest BCUT2D eigenvalue weighted by molar-refractivity contribution is 5.34. The Morgan fingerprint density at radius 1 is 1.11 bits per heavy atom. The Morgan fingerprint density at radius 2 is 1.89 bits per heavy atom. The molecule has 2 heteroatoms. The molecule has 0 saturated carbocycles. The van der Waals surface area contributed by atoms with Crippen molar-refractivity contribution >= 4 is 0 Å². The van der Waals surface area contributed by atoms with Gasteiger partial charge in [0, 0.05) is 17.4 Å². The summed E-state index contributed by atoms with van der Waals surface area (Å²) in [6.07, 6.45) is 5.48. The number of rotatable bonds is 2. The third-order valence-corrected chi connectivity index (χ3v) is 4.37. The van der Waals surface area contributed by atoms with Gasteiger partial charge in [0.15, 0.2) is 0 Å². The minimum atomic E-state index is 0.149. The van der Waals surface area contributed by atoms with Crippen LogP contribution in [-0.2, 0) is 18.4 Å². The molecule has 0 aliphatic heterocycles. The molecule has 0 spiro atoms. The smallest absolute Gasteiger partial charge is 0.0499 e. The van der Waals surface area contributed by atoms with Crippen molar-refractivity contribution in [2.75, 3.05) is 14.1 Å². The average molecular weight is 240 g/mol. The van der Waals surface area contributed by atoms with Crippen LogP contribution in [0.25, 0.3) is 0 Å². The van der Waals surface area contributed by atoms with Crippen molar-refractivity contribution in [2.24, 2.45) is 0 Å². The molecule has 1 heterocycles. The van der Waals surface area contributed by atoms with E-state index in [1.54, 1.807) is 0 Å². The van der Waals surface area contributed by atoms with Crippen LogP contribution in [0.1, 0.15) is 23.2 Å². The zero-order valence-electron chi connectivity index (χ0n) is 11.1. The van der Waals surface area contributed by atoms with Gasteiger partial charge in [0.2, 0.25) is 0 Å². The quantitative estimate of drug-likeness (QED) is 0.855. The molecule has 0 bridgehead atoms. The maximum absolute atomic E-state index is 3.37. The molecule has 0 fully saturated rings. The van der Waals surface area contributed by atoms with Gasteiger partial charge in [0.25, 0.3) is 0 Å². The highest BCUT2D eigenvalue weighted by Gasteiger charge is 2.38. The van der Waals surface area contributed by atoms with Crippen molar-refractivity contribution < 1.29 is 0 Å². The van der Waals surface area contributed by atoms with Crippen molar-refractivity contribution in [3.63, 3.8) is 0 Å². The molecule has 1 unspecified atom stereocenters. The van der Waals surface area contributed by atoms with E-state index >= 15 is 0 Å². The number of aryl methyl sites for hydroxylation is 1. The van der Waals surface area contributed by atoms with E-state index in [-0.39, 0.29) is 5.54 Å². The molecule has 3 rings (SSSR count). The summed E-state index contributed by atoms with van der Waals surface area (Å²) < 4.78 is 0. The zero-order valence-corrected chi connectivity index (χ0v) is 11.1. The summed E-state index contributed by atoms with van der Waals surface area (Å²) >= 11 is 0. The first-order chi connectivity index (χ1) is 8.72. The lowest BCUT2D eigenvalue weighted by molar-refractivity contribution is 0.130. The van der Waals surface area contributed by atoms with Crippen LogP contribution in [0.15, 0.2) is 42.6 Å². The standard InChI is InChI=1S/C16H20N2/c1-18(2)16(14-6-4-3-5-7-14)10-8-15-13(12-16)9-11-17-15/h3-7,9,11,17H,8,10,12H2,1-2H3. The molecule has 1 N–H and O–H groups in total. The number of benzene rings is 1. The SMILES string of the molecule is CN(C)C1(c2ccccc2)CCc2[nH]ccc2C1. The van der Waals surface area contributed by atoms with Crippen LogP contribution >= 0.6 is 0 Å². The van der Waals surface area contributed by atoms with Gasteiger partial charge in [-0.3, -0.25) is 4.90 Å². The van der Waals surface area contributed by atoms with Gasteiger partial charge in [-0.15, -0.1) is 0 Å². The topological polar surface area (TPSA) is 19.0 Å². The average Bonchev–Trinajstić information content (AvgIpc) is 2.86. The van der Waals surface area contributed by atoms with Gasteiger partial charge in [-0.25, -0.2) is 0 Å². The molecule has 18 heavy (non-hydrogen) atoms. The molecule has 1 aromatic heterocycles. The van der Waals surface area contributed by atoms with Crippen molar-refractivity contribution in [3.8, 4) is 0 Å². The van der Waals surface area contributed by atoms with Gasteiger partial charge in [-0.2, -0.15) is 0 Å². The Kier molecular flexibility index (Phi) is 2.75. The molecule has 1 atom stereocenters. The van der Waals surface area contributed by atoms with Crippen molar-refractivity contribution in [3.05, 3.63) is 59.4 Å². The van der Waals surface area contributed by atoms with E-state index in [1.807, 2.05) is 0 Å². The lowest BCUT2D eigenvalue weighted by Gasteiger charge is -2.43. The first kappa shape index (κ1) is 11.5. The predicted molar refractivity (Wildman–Crippen MR) is 74.6 cm³/mol. The van der Waals surface area contributed by atoms with Gasteiger partial charge in [-0.1, -0.05) is 30.3 Å². The lowest BCUT2D eigenvalue weighted by Crippen LogP contribution is -2.45. The van der Waals surface area contributed by atoms with Crippen LogP contribution in [0.3, 0.4) is 0 Å². The first-order valence-corrected chi connectivity index (χ1v) is 6.60. The van der Waals surface area contributed by atoms with E-state index in [2.05, 4.69) is 66.6 Å². The number of nitrogens with one attached hydrogen (secondary N) is 1. The normalized spacial score (nSPS) is 23.1. The van der Waals surface area contributed by atoms with Crippen LogP contribution in [0.5, 0.6) is 0 Å². The summed E-state index contributed by atoms with van der Waals surface area (Å²) in [4.78, 5) is 5.75. The number of likely N-dealkylation sites (N-methyl/N-ethyl adjacent to an activating group) is 1. The van der Waals surface area contributed by atoms with Crippen LogP contribution in [0, 0.1) is 0 Å². The number of hydrogen-bond acceptors (Lipinski definition) is 1. The summed E-state index contributed by atoms with van der Waals surface area (Å²) in [6, 6.07) is 13.1. The Hall–Kier alpha value is -1.54. The van der Waals surface area contributed by atoms with Crippen LogP contribution < -0.4 is 0 Å². The van der Waals surface area contributed by atoms with Crippen LogP contribution in [-0.4, -0.2) is 24.0 Å². The van der Waals surface area contributed by atoms with Gasteiger partial charge in [0.1, 0.15) is 0 Å². The Bertz CT molecular complexity index is 527. The molecular formula is C16H20N2. The number of aromatic amines is 1. The third kappa shape index (κ3) is 1.68. The fourth-order valence-corrected chi connectivity index (χ4v) is 3.20. The summed E-state index contributed by atoms with van der Waals surface area (Å²) in [5.74, 6) is 0. The van der Waals surface area contributed by atoms with E-state index in [4.69, 9.17) is 0 Å². The molecule has 2 aromatic rings. The van der Waals surface area contributed by atoms with Crippen molar-refractivity contribution in [1.82, 2.24) is 9.88 Å².